The molecule has 3 unspecified atom stereocenters. The lowest BCUT2D eigenvalue weighted by molar-refractivity contribution is -0.142. The highest BCUT2D eigenvalue weighted by Crippen LogP contribution is 2.11. The zero-order chi connectivity index (χ0) is 23.0. The fourth-order valence-corrected chi connectivity index (χ4v) is 2.76. The van der Waals surface area contributed by atoms with Crippen LogP contribution in [0.25, 0.3) is 0 Å². The Hall–Kier alpha value is -3.93. The molecule has 2 aromatic rings. The number of carbonyl (C=O) groups is 4. The zero-order valence-corrected chi connectivity index (χ0v) is 16.4. The number of aliphatic carboxylic acids is 1. The van der Waals surface area contributed by atoms with Crippen LogP contribution >= 0.6 is 0 Å². The van der Waals surface area contributed by atoms with Crippen LogP contribution in [0.3, 0.4) is 0 Å². The van der Waals surface area contributed by atoms with Crippen LogP contribution in [0.15, 0.2) is 36.8 Å². The molecule has 3 atom stereocenters. The van der Waals surface area contributed by atoms with E-state index in [0.717, 1.165) is 0 Å². The van der Waals surface area contributed by atoms with Crippen LogP contribution < -0.4 is 22.1 Å². The van der Waals surface area contributed by atoms with Crippen molar-refractivity contribution in [1.29, 1.82) is 0 Å². The maximum atomic E-state index is 12.6. The van der Waals surface area contributed by atoms with Crippen molar-refractivity contribution in [1.82, 2.24) is 20.6 Å². The Kier molecular flexibility index (Phi) is 8.09. The van der Waals surface area contributed by atoms with Crippen molar-refractivity contribution in [2.24, 2.45) is 11.5 Å². The average Bonchev–Trinajstić information content (AvgIpc) is 3.21. The summed E-state index contributed by atoms with van der Waals surface area (Å²) in [6.07, 6.45) is 2.39. The maximum Gasteiger partial charge on any atom is 0.326 e. The van der Waals surface area contributed by atoms with E-state index in [-0.39, 0.29) is 18.6 Å². The summed E-state index contributed by atoms with van der Waals surface area (Å²) in [5.74, 6) is -3.79. The van der Waals surface area contributed by atoms with Crippen molar-refractivity contribution in [2.75, 3.05) is 0 Å². The molecule has 2 rings (SSSR count). The number of nitrogens with two attached hydrogens (primary N) is 2. The minimum atomic E-state index is -1.40. The van der Waals surface area contributed by atoms with E-state index >= 15 is 0 Å². The number of carboxylic acids is 1. The van der Waals surface area contributed by atoms with Gasteiger partial charge in [-0.05, 0) is 17.7 Å². The maximum absolute atomic E-state index is 12.6. The van der Waals surface area contributed by atoms with Crippen molar-refractivity contribution >= 4 is 23.7 Å². The molecule has 0 spiro atoms. The molecular weight excluding hydrogens is 408 g/mol. The smallest absolute Gasteiger partial charge is 0.326 e. The predicted octanol–water partition coefficient (Wildman–Crippen LogP) is -1.84. The Morgan fingerprint density at radius 2 is 1.68 bits per heavy atom. The Balaban J connectivity index is 2.05. The number of phenolic OH excluding ortho intramolecular Hbond substituents is 1. The summed E-state index contributed by atoms with van der Waals surface area (Å²) < 4.78 is 0. The summed E-state index contributed by atoms with van der Waals surface area (Å²) in [7, 11) is 0. The second kappa shape index (κ2) is 10.7. The first-order chi connectivity index (χ1) is 14.7. The van der Waals surface area contributed by atoms with Crippen LogP contribution in [-0.4, -0.2) is 62.0 Å². The SMILES string of the molecule is NC(=O)CC(NC(=O)C(N)Cc1cnc[nH]1)C(=O)NC(Cc1ccc(O)cc1)C(=O)O. The van der Waals surface area contributed by atoms with Gasteiger partial charge in [0, 0.05) is 24.7 Å². The van der Waals surface area contributed by atoms with Crippen LogP contribution in [0.2, 0.25) is 0 Å². The van der Waals surface area contributed by atoms with Gasteiger partial charge in [-0.15, -0.1) is 0 Å². The number of benzene rings is 1. The number of nitrogens with one attached hydrogen (secondary N) is 3. The van der Waals surface area contributed by atoms with E-state index in [4.69, 9.17) is 11.5 Å². The van der Waals surface area contributed by atoms with Gasteiger partial charge in [-0.3, -0.25) is 14.4 Å². The number of H-pyrrole nitrogens is 1. The number of carbonyl (C=O) groups excluding carboxylic acids is 3. The molecule has 0 bridgehead atoms. The van der Waals surface area contributed by atoms with Gasteiger partial charge in [0.1, 0.15) is 17.8 Å². The molecule has 0 fully saturated rings. The molecule has 0 aliphatic heterocycles. The van der Waals surface area contributed by atoms with E-state index in [0.29, 0.717) is 11.3 Å². The highest BCUT2D eigenvalue weighted by Gasteiger charge is 2.29. The van der Waals surface area contributed by atoms with Gasteiger partial charge in [-0.2, -0.15) is 0 Å². The van der Waals surface area contributed by atoms with Gasteiger partial charge in [0.05, 0.1) is 18.8 Å². The first-order valence-electron chi connectivity index (χ1n) is 9.28. The largest absolute Gasteiger partial charge is 0.508 e. The fourth-order valence-electron chi connectivity index (χ4n) is 2.76. The summed E-state index contributed by atoms with van der Waals surface area (Å²) in [6, 6.07) is 1.99. The lowest BCUT2D eigenvalue weighted by atomic mass is 10.0. The van der Waals surface area contributed by atoms with Crippen LogP contribution in [0.1, 0.15) is 17.7 Å². The van der Waals surface area contributed by atoms with Gasteiger partial charge in [-0.25, -0.2) is 9.78 Å². The van der Waals surface area contributed by atoms with Gasteiger partial charge in [-0.1, -0.05) is 12.1 Å². The lowest BCUT2D eigenvalue weighted by Gasteiger charge is -2.22. The lowest BCUT2D eigenvalue weighted by Crippen LogP contribution is -2.56. The minimum absolute atomic E-state index is 0.00960. The topological polar surface area (TPSA) is 214 Å². The number of imidazole rings is 1. The molecule has 0 aliphatic rings. The van der Waals surface area contributed by atoms with E-state index in [1.807, 2.05) is 0 Å². The molecule has 1 heterocycles. The molecule has 12 heteroatoms. The highest BCUT2D eigenvalue weighted by molar-refractivity contribution is 5.94. The van der Waals surface area contributed by atoms with Crippen LogP contribution in [-0.2, 0) is 32.0 Å². The van der Waals surface area contributed by atoms with E-state index in [1.165, 1.54) is 36.8 Å². The van der Waals surface area contributed by atoms with Gasteiger partial charge >= 0.3 is 5.97 Å². The predicted molar refractivity (Wildman–Crippen MR) is 107 cm³/mol. The van der Waals surface area contributed by atoms with Crippen LogP contribution in [0, 0.1) is 0 Å². The molecular formula is C19H24N6O6. The number of aromatic hydroxyl groups is 1. The molecule has 1 aromatic heterocycles. The molecule has 31 heavy (non-hydrogen) atoms. The van der Waals surface area contributed by atoms with Crippen LogP contribution in [0.5, 0.6) is 5.75 Å². The number of amides is 3. The number of hydrogen-bond acceptors (Lipinski definition) is 7. The molecule has 12 nitrogen and oxygen atoms in total. The van der Waals surface area contributed by atoms with Crippen molar-refractivity contribution in [3.05, 3.63) is 48.0 Å². The fraction of sp³-hybridized carbons (Fsp3) is 0.316. The third kappa shape index (κ3) is 7.44. The van der Waals surface area contributed by atoms with Gasteiger partial charge in [0.2, 0.25) is 17.7 Å². The summed E-state index contributed by atoms with van der Waals surface area (Å²) in [5.41, 5.74) is 12.1. The van der Waals surface area contributed by atoms with Crippen LogP contribution in [0.4, 0.5) is 0 Å². The summed E-state index contributed by atoms with van der Waals surface area (Å²) in [4.78, 5) is 54.5. The Morgan fingerprint density at radius 1 is 1.03 bits per heavy atom. The van der Waals surface area contributed by atoms with Gasteiger partial charge in [0.25, 0.3) is 0 Å². The number of phenols is 1. The Bertz CT molecular complexity index is 914. The molecule has 9 N–H and O–H groups in total. The second-order valence-corrected chi connectivity index (χ2v) is 6.89. The average molecular weight is 432 g/mol. The van der Waals surface area contributed by atoms with Crippen molar-refractivity contribution in [3.63, 3.8) is 0 Å². The number of rotatable bonds is 11. The number of aromatic nitrogens is 2. The Morgan fingerprint density at radius 3 is 2.23 bits per heavy atom. The molecule has 166 valence electrons. The number of hydrogen-bond donors (Lipinski definition) is 7. The molecule has 0 radical (unpaired) electrons. The first-order valence-corrected chi connectivity index (χ1v) is 9.28. The number of nitrogens with zero attached hydrogens (tertiary/aromatic N) is 1. The third-order valence-electron chi connectivity index (χ3n) is 4.36. The standard InChI is InChI=1S/C19H24N6O6/c20-13(6-11-8-22-9-23-11)17(28)24-14(7-16(21)27)18(29)25-15(19(30)31)5-10-1-3-12(26)4-2-10/h1-4,8-9,13-15,26H,5-7,20H2,(H2,21,27)(H,22,23)(H,24,28)(H,25,29)(H,30,31). The number of aromatic amines is 1. The number of primary amides is 1. The quantitative estimate of drug-likeness (QED) is 0.214. The monoisotopic (exact) mass is 432 g/mol. The van der Waals surface area contributed by atoms with Crippen molar-refractivity contribution in [3.8, 4) is 5.75 Å². The van der Waals surface area contributed by atoms with E-state index in [2.05, 4.69) is 20.6 Å². The first kappa shape index (κ1) is 23.3. The van der Waals surface area contributed by atoms with E-state index in [9.17, 15) is 29.4 Å². The Labute approximate surface area is 177 Å². The summed E-state index contributed by atoms with van der Waals surface area (Å²) >= 11 is 0. The highest BCUT2D eigenvalue weighted by atomic mass is 16.4. The second-order valence-electron chi connectivity index (χ2n) is 6.89. The molecule has 0 saturated heterocycles. The van der Waals surface area contributed by atoms with Gasteiger partial charge < -0.3 is 37.3 Å². The normalized spacial score (nSPS) is 13.6. The van der Waals surface area contributed by atoms with Crippen molar-refractivity contribution in [2.45, 2.75) is 37.4 Å². The molecule has 0 saturated carbocycles. The molecule has 0 aliphatic carbocycles. The minimum Gasteiger partial charge on any atom is -0.508 e. The summed E-state index contributed by atoms with van der Waals surface area (Å²) in [6.45, 7) is 0. The summed E-state index contributed by atoms with van der Waals surface area (Å²) in [5, 5.41) is 23.4. The molecule has 3 amide bonds. The third-order valence-corrected chi connectivity index (χ3v) is 4.36. The van der Waals surface area contributed by atoms with Crippen molar-refractivity contribution < 1.29 is 29.4 Å². The molecule has 1 aromatic carbocycles. The van der Waals surface area contributed by atoms with E-state index < -0.39 is 48.2 Å². The number of carboxylic acid groups (broad SMARTS) is 1. The van der Waals surface area contributed by atoms with E-state index in [1.54, 1.807) is 0 Å². The zero-order valence-electron chi connectivity index (χ0n) is 16.4. The van der Waals surface area contributed by atoms with Gasteiger partial charge in [0.15, 0.2) is 0 Å².